The maximum absolute atomic E-state index is 6.03. The van der Waals surface area contributed by atoms with Crippen molar-refractivity contribution in [2.75, 3.05) is 0 Å². The van der Waals surface area contributed by atoms with Crippen LogP contribution in [-0.2, 0) is 0 Å². The monoisotopic (exact) mass is 333 g/mol. The molecule has 1 unspecified atom stereocenters. The van der Waals surface area contributed by atoms with Gasteiger partial charge in [0.05, 0.1) is 17.3 Å². The minimum absolute atomic E-state index is 0.255. The zero-order chi connectivity index (χ0) is 10.8. The highest BCUT2D eigenvalue weighted by molar-refractivity contribution is 14.1. The van der Waals surface area contributed by atoms with Gasteiger partial charge in [-0.1, -0.05) is 17.7 Å². The van der Waals surface area contributed by atoms with Crippen LogP contribution in [0.2, 0.25) is 5.02 Å². The number of rotatable bonds is 2. The first kappa shape index (κ1) is 11.0. The summed E-state index contributed by atoms with van der Waals surface area (Å²) >= 11 is 8.21. The molecule has 0 fully saturated rings. The molecular formula is C11H9ClINO. The molecule has 0 spiro atoms. The van der Waals surface area contributed by atoms with Crippen molar-refractivity contribution < 1.29 is 4.42 Å². The molecule has 0 aliphatic heterocycles. The lowest BCUT2D eigenvalue weighted by Crippen LogP contribution is -2.10. The number of hydrogen-bond donors (Lipinski definition) is 1. The Bertz CT molecular complexity index is 456. The standard InChI is InChI=1S/C11H9ClINO/c12-8-6-7(3-4-9(8)13)11(14)10-2-1-5-15-10/h1-6,11H,14H2. The zero-order valence-corrected chi connectivity index (χ0v) is 10.7. The molecule has 4 heteroatoms. The van der Waals surface area contributed by atoms with Crippen LogP contribution >= 0.6 is 34.2 Å². The second kappa shape index (κ2) is 4.55. The Labute approximate surface area is 107 Å². The van der Waals surface area contributed by atoms with Crippen molar-refractivity contribution in [3.05, 3.63) is 56.5 Å². The lowest BCUT2D eigenvalue weighted by Gasteiger charge is -2.09. The maximum atomic E-state index is 6.03. The second-order valence-electron chi connectivity index (χ2n) is 3.17. The third-order valence-corrected chi connectivity index (χ3v) is 3.72. The normalized spacial score (nSPS) is 12.7. The number of benzene rings is 1. The van der Waals surface area contributed by atoms with Crippen molar-refractivity contribution in [2.24, 2.45) is 5.73 Å². The molecule has 1 aromatic carbocycles. The highest BCUT2D eigenvalue weighted by Crippen LogP contribution is 2.25. The van der Waals surface area contributed by atoms with Crippen LogP contribution in [-0.4, -0.2) is 0 Å². The quantitative estimate of drug-likeness (QED) is 0.853. The van der Waals surface area contributed by atoms with Gasteiger partial charge in [-0.25, -0.2) is 0 Å². The van der Waals surface area contributed by atoms with E-state index in [1.807, 2.05) is 30.3 Å². The molecule has 0 saturated carbocycles. The van der Waals surface area contributed by atoms with Crippen molar-refractivity contribution in [3.63, 3.8) is 0 Å². The highest BCUT2D eigenvalue weighted by Gasteiger charge is 2.12. The SMILES string of the molecule is NC(c1ccc(I)c(Cl)c1)c1ccco1. The fraction of sp³-hybridized carbons (Fsp3) is 0.0909. The van der Waals surface area contributed by atoms with Crippen LogP contribution in [0.3, 0.4) is 0 Å². The number of nitrogens with two attached hydrogens (primary N) is 1. The minimum atomic E-state index is -0.255. The Balaban J connectivity index is 2.34. The third-order valence-electron chi connectivity index (χ3n) is 2.15. The van der Waals surface area contributed by atoms with E-state index in [9.17, 15) is 0 Å². The van der Waals surface area contributed by atoms with E-state index in [1.165, 1.54) is 0 Å². The number of hydrogen-bond acceptors (Lipinski definition) is 2. The summed E-state index contributed by atoms with van der Waals surface area (Å²) in [7, 11) is 0. The van der Waals surface area contributed by atoms with Crippen molar-refractivity contribution in [1.29, 1.82) is 0 Å². The molecule has 2 rings (SSSR count). The molecule has 0 amide bonds. The predicted octanol–water partition coefficient (Wildman–Crippen LogP) is 3.59. The molecule has 0 aliphatic carbocycles. The highest BCUT2D eigenvalue weighted by atomic mass is 127. The first-order valence-electron chi connectivity index (χ1n) is 4.42. The smallest absolute Gasteiger partial charge is 0.124 e. The van der Waals surface area contributed by atoms with Crippen LogP contribution in [0.25, 0.3) is 0 Å². The number of furan rings is 1. The largest absolute Gasteiger partial charge is 0.467 e. The fourth-order valence-corrected chi connectivity index (χ4v) is 1.86. The summed E-state index contributed by atoms with van der Waals surface area (Å²) in [4.78, 5) is 0. The van der Waals surface area contributed by atoms with E-state index in [4.69, 9.17) is 21.8 Å². The van der Waals surface area contributed by atoms with Crippen LogP contribution in [0.5, 0.6) is 0 Å². The molecule has 2 aromatic rings. The molecule has 2 nitrogen and oxygen atoms in total. The van der Waals surface area contributed by atoms with Crippen molar-refractivity contribution in [1.82, 2.24) is 0 Å². The van der Waals surface area contributed by atoms with E-state index < -0.39 is 0 Å². The van der Waals surface area contributed by atoms with Gasteiger partial charge in [-0.3, -0.25) is 0 Å². The molecule has 78 valence electrons. The fourth-order valence-electron chi connectivity index (χ4n) is 1.34. The average Bonchev–Trinajstić information content (AvgIpc) is 2.74. The summed E-state index contributed by atoms with van der Waals surface area (Å²) < 4.78 is 6.27. The molecular weight excluding hydrogens is 324 g/mol. The summed E-state index contributed by atoms with van der Waals surface area (Å²) in [6.07, 6.45) is 1.61. The Kier molecular flexibility index (Phi) is 3.33. The summed E-state index contributed by atoms with van der Waals surface area (Å²) in [6.45, 7) is 0. The first-order chi connectivity index (χ1) is 7.18. The van der Waals surface area contributed by atoms with E-state index in [1.54, 1.807) is 6.26 Å². The number of halogens is 2. The molecule has 2 N–H and O–H groups in total. The van der Waals surface area contributed by atoms with Gasteiger partial charge in [-0.15, -0.1) is 0 Å². The van der Waals surface area contributed by atoms with E-state index in [0.717, 1.165) is 19.9 Å². The molecule has 0 aliphatic rings. The van der Waals surface area contributed by atoms with Crippen molar-refractivity contribution >= 4 is 34.2 Å². The van der Waals surface area contributed by atoms with Gasteiger partial charge in [-0.2, -0.15) is 0 Å². The summed E-state index contributed by atoms with van der Waals surface area (Å²) in [5.74, 6) is 0.743. The van der Waals surface area contributed by atoms with Crippen LogP contribution < -0.4 is 5.73 Å². The van der Waals surface area contributed by atoms with Crippen LogP contribution in [0.4, 0.5) is 0 Å². The second-order valence-corrected chi connectivity index (χ2v) is 4.74. The van der Waals surface area contributed by atoms with Gasteiger partial charge in [0.1, 0.15) is 5.76 Å². The summed E-state index contributed by atoms with van der Waals surface area (Å²) in [5.41, 5.74) is 6.98. The summed E-state index contributed by atoms with van der Waals surface area (Å²) in [5, 5.41) is 0.718. The van der Waals surface area contributed by atoms with E-state index in [0.29, 0.717) is 0 Å². The molecule has 1 atom stereocenters. The van der Waals surface area contributed by atoms with Crippen molar-refractivity contribution in [2.45, 2.75) is 6.04 Å². The van der Waals surface area contributed by atoms with Crippen LogP contribution in [0, 0.1) is 3.57 Å². The van der Waals surface area contributed by atoms with E-state index in [-0.39, 0.29) is 6.04 Å². The van der Waals surface area contributed by atoms with Gasteiger partial charge < -0.3 is 10.2 Å². The zero-order valence-electron chi connectivity index (χ0n) is 7.78. The molecule has 0 radical (unpaired) electrons. The Morgan fingerprint density at radius 2 is 2.13 bits per heavy atom. The predicted molar refractivity (Wildman–Crippen MR) is 68.9 cm³/mol. The lowest BCUT2D eigenvalue weighted by molar-refractivity contribution is 0.490. The molecule has 0 bridgehead atoms. The lowest BCUT2D eigenvalue weighted by atomic mass is 10.1. The van der Waals surface area contributed by atoms with Gasteiger partial charge in [0.25, 0.3) is 0 Å². The van der Waals surface area contributed by atoms with Crippen LogP contribution in [0.1, 0.15) is 17.4 Å². The Morgan fingerprint density at radius 3 is 2.73 bits per heavy atom. The van der Waals surface area contributed by atoms with E-state index >= 15 is 0 Å². The van der Waals surface area contributed by atoms with Gasteiger partial charge >= 0.3 is 0 Å². The average molecular weight is 334 g/mol. The van der Waals surface area contributed by atoms with Gasteiger partial charge in [-0.05, 0) is 52.4 Å². The Hall–Kier alpha value is -0.520. The molecule has 15 heavy (non-hydrogen) atoms. The van der Waals surface area contributed by atoms with E-state index in [2.05, 4.69) is 22.6 Å². The minimum Gasteiger partial charge on any atom is -0.467 e. The van der Waals surface area contributed by atoms with Gasteiger partial charge in [0, 0.05) is 3.57 Å². The first-order valence-corrected chi connectivity index (χ1v) is 5.88. The molecule has 1 aromatic heterocycles. The Morgan fingerprint density at radius 1 is 1.33 bits per heavy atom. The van der Waals surface area contributed by atoms with Crippen LogP contribution in [0.15, 0.2) is 41.0 Å². The van der Waals surface area contributed by atoms with Gasteiger partial charge in [0.2, 0.25) is 0 Å². The maximum Gasteiger partial charge on any atom is 0.124 e. The topological polar surface area (TPSA) is 39.2 Å². The molecule has 1 heterocycles. The third kappa shape index (κ3) is 2.35. The van der Waals surface area contributed by atoms with Crippen molar-refractivity contribution in [3.8, 4) is 0 Å². The van der Waals surface area contributed by atoms with Gasteiger partial charge in [0.15, 0.2) is 0 Å². The molecule has 0 saturated heterocycles. The summed E-state index contributed by atoms with van der Waals surface area (Å²) in [6, 6.07) is 9.20.